The molecule has 0 aliphatic carbocycles. The third kappa shape index (κ3) is 3.57. The van der Waals surface area contributed by atoms with Crippen LogP contribution in [0.25, 0.3) is 10.8 Å². The zero-order valence-corrected chi connectivity index (χ0v) is 14.0. The summed E-state index contributed by atoms with van der Waals surface area (Å²) in [6.07, 6.45) is 0. The van der Waals surface area contributed by atoms with Crippen molar-refractivity contribution in [1.82, 2.24) is 0 Å². The van der Waals surface area contributed by atoms with Crippen LogP contribution in [0.15, 0.2) is 76.6 Å². The molecule has 0 aliphatic heterocycles. The predicted molar refractivity (Wildman–Crippen MR) is 101 cm³/mol. The van der Waals surface area contributed by atoms with Crippen LogP contribution in [0.4, 0.5) is 0 Å². The van der Waals surface area contributed by atoms with Crippen molar-refractivity contribution in [2.24, 2.45) is 10.7 Å². The number of aliphatic imine (C=N–C) groups is 1. The van der Waals surface area contributed by atoms with E-state index >= 15 is 0 Å². The largest absolute Gasteiger partial charge is 0.383 e. The lowest BCUT2D eigenvalue weighted by molar-refractivity contribution is 1.12. The zero-order chi connectivity index (χ0) is 16.1. The van der Waals surface area contributed by atoms with Gasteiger partial charge in [0.1, 0.15) is 5.84 Å². The number of nitrogens with zero attached hydrogens (tertiary/aromatic N) is 1. The lowest BCUT2D eigenvalue weighted by Gasteiger charge is -2.10. The van der Waals surface area contributed by atoms with E-state index in [-0.39, 0.29) is 0 Å². The summed E-state index contributed by atoms with van der Waals surface area (Å²) in [7, 11) is 0. The molecule has 3 rings (SSSR count). The van der Waals surface area contributed by atoms with Crippen LogP contribution in [0.5, 0.6) is 0 Å². The second-order valence-corrected chi connectivity index (χ2v) is 6.30. The van der Waals surface area contributed by atoms with E-state index in [1.807, 2.05) is 30.8 Å². The van der Waals surface area contributed by atoms with Crippen molar-refractivity contribution in [2.75, 3.05) is 6.54 Å². The smallest absolute Gasteiger partial charge is 0.125 e. The minimum atomic E-state index is 0.626. The maximum Gasteiger partial charge on any atom is 0.125 e. The third-order valence-electron chi connectivity index (χ3n) is 3.75. The number of hydrogen-bond acceptors (Lipinski definition) is 2. The van der Waals surface area contributed by atoms with Crippen molar-refractivity contribution in [3.8, 4) is 0 Å². The Bertz CT molecular complexity index is 834. The van der Waals surface area contributed by atoms with Crippen LogP contribution in [0.3, 0.4) is 0 Å². The molecule has 0 saturated carbocycles. The summed E-state index contributed by atoms with van der Waals surface area (Å²) < 4.78 is 0. The van der Waals surface area contributed by atoms with E-state index in [2.05, 4.69) is 59.6 Å². The molecule has 0 bridgehead atoms. The first-order valence-electron chi connectivity index (χ1n) is 7.78. The standard InChI is InChI=1S/C20H20N2S/c1-2-22-20(21)18-12-6-4-9-16(18)14-23-19-13-7-10-15-8-3-5-11-17(15)19/h3-13H,2,14H2,1H3,(H2,21,22). The van der Waals surface area contributed by atoms with Crippen LogP contribution < -0.4 is 5.73 Å². The molecule has 0 fully saturated rings. The van der Waals surface area contributed by atoms with Crippen molar-refractivity contribution >= 4 is 28.4 Å². The fraction of sp³-hybridized carbons (Fsp3) is 0.150. The molecule has 0 aliphatic rings. The van der Waals surface area contributed by atoms with E-state index in [1.165, 1.54) is 21.2 Å². The number of rotatable bonds is 5. The van der Waals surface area contributed by atoms with Crippen molar-refractivity contribution < 1.29 is 0 Å². The molecule has 0 radical (unpaired) electrons. The molecular weight excluding hydrogens is 300 g/mol. The molecule has 3 aromatic carbocycles. The van der Waals surface area contributed by atoms with Gasteiger partial charge >= 0.3 is 0 Å². The van der Waals surface area contributed by atoms with Gasteiger partial charge in [0.2, 0.25) is 0 Å². The van der Waals surface area contributed by atoms with Gasteiger partial charge < -0.3 is 5.73 Å². The molecule has 2 nitrogen and oxygen atoms in total. The predicted octanol–water partition coefficient (Wildman–Crippen LogP) is 4.86. The van der Waals surface area contributed by atoms with Gasteiger partial charge in [0.05, 0.1) is 0 Å². The number of benzene rings is 3. The molecule has 23 heavy (non-hydrogen) atoms. The highest BCUT2D eigenvalue weighted by Gasteiger charge is 2.07. The Kier molecular flexibility index (Phi) is 4.99. The molecule has 3 heteroatoms. The van der Waals surface area contributed by atoms with Gasteiger partial charge in [-0.1, -0.05) is 60.7 Å². The van der Waals surface area contributed by atoms with Crippen LogP contribution in [-0.4, -0.2) is 12.4 Å². The molecule has 3 aromatic rings. The van der Waals surface area contributed by atoms with E-state index in [4.69, 9.17) is 5.73 Å². The van der Waals surface area contributed by atoms with Gasteiger partial charge in [-0.2, -0.15) is 0 Å². The summed E-state index contributed by atoms with van der Waals surface area (Å²) in [6.45, 7) is 2.71. The summed E-state index contributed by atoms with van der Waals surface area (Å²) in [6, 6.07) is 23.2. The van der Waals surface area contributed by atoms with Gasteiger partial charge in [-0.3, -0.25) is 4.99 Å². The lowest BCUT2D eigenvalue weighted by Crippen LogP contribution is -2.15. The Morgan fingerprint density at radius 1 is 0.957 bits per heavy atom. The van der Waals surface area contributed by atoms with E-state index in [1.54, 1.807) is 0 Å². The molecular formula is C20H20N2S. The second-order valence-electron chi connectivity index (χ2n) is 5.28. The van der Waals surface area contributed by atoms with Crippen LogP contribution in [-0.2, 0) is 5.75 Å². The highest BCUT2D eigenvalue weighted by Crippen LogP contribution is 2.30. The van der Waals surface area contributed by atoms with E-state index in [9.17, 15) is 0 Å². The van der Waals surface area contributed by atoms with Crippen LogP contribution in [0.2, 0.25) is 0 Å². The summed E-state index contributed by atoms with van der Waals surface area (Å²) in [5.74, 6) is 1.51. The minimum absolute atomic E-state index is 0.626. The maximum absolute atomic E-state index is 6.11. The molecule has 116 valence electrons. The topological polar surface area (TPSA) is 38.4 Å². The van der Waals surface area contributed by atoms with Gasteiger partial charge in [0.25, 0.3) is 0 Å². The summed E-state index contributed by atoms with van der Waals surface area (Å²) >= 11 is 1.84. The van der Waals surface area contributed by atoms with Gasteiger partial charge in [-0.25, -0.2) is 0 Å². The molecule has 0 aromatic heterocycles. The molecule has 2 N–H and O–H groups in total. The van der Waals surface area contributed by atoms with Gasteiger partial charge in [0, 0.05) is 22.8 Å². The molecule has 0 amide bonds. The monoisotopic (exact) mass is 320 g/mol. The summed E-state index contributed by atoms with van der Waals surface area (Å²) in [4.78, 5) is 5.64. The highest BCUT2D eigenvalue weighted by molar-refractivity contribution is 7.98. The van der Waals surface area contributed by atoms with E-state index < -0.39 is 0 Å². The summed E-state index contributed by atoms with van der Waals surface area (Å²) in [5, 5.41) is 2.57. The fourth-order valence-corrected chi connectivity index (χ4v) is 3.71. The van der Waals surface area contributed by atoms with Crippen molar-refractivity contribution in [3.05, 3.63) is 77.9 Å². The average Bonchev–Trinajstić information content (AvgIpc) is 2.60. The van der Waals surface area contributed by atoms with Crippen molar-refractivity contribution in [3.63, 3.8) is 0 Å². The van der Waals surface area contributed by atoms with Crippen molar-refractivity contribution in [1.29, 1.82) is 0 Å². The van der Waals surface area contributed by atoms with E-state index in [0.717, 1.165) is 11.3 Å². The average molecular weight is 320 g/mol. The lowest BCUT2D eigenvalue weighted by atomic mass is 10.1. The van der Waals surface area contributed by atoms with Crippen LogP contribution in [0, 0.1) is 0 Å². The number of amidine groups is 1. The first-order valence-corrected chi connectivity index (χ1v) is 8.77. The molecule has 0 atom stereocenters. The summed E-state index contributed by atoms with van der Waals surface area (Å²) in [5.41, 5.74) is 8.37. The first kappa shape index (κ1) is 15.6. The van der Waals surface area contributed by atoms with Gasteiger partial charge in [-0.15, -0.1) is 11.8 Å². The third-order valence-corrected chi connectivity index (χ3v) is 4.88. The number of nitrogens with two attached hydrogens (primary N) is 1. The SMILES string of the molecule is CCN=C(N)c1ccccc1CSc1cccc2ccccc12. The molecule has 0 saturated heterocycles. The Balaban J connectivity index is 1.87. The first-order chi connectivity index (χ1) is 11.3. The number of fused-ring (bicyclic) bond motifs is 1. The Morgan fingerprint density at radius 2 is 1.70 bits per heavy atom. The maximum atomic E-state index is 6.11. The Labute approximate surface area is 141 Å². The number of hydrogen-bond donors (Lipinski definition) is 1. The minimum Gasteiger partial charge on any atom is -0.383 e. The molecule has 0 spiro atoms. The fourth-order valence-electron chi connectivity index (χ4n) is 2.63. The molecule has 0 unspecified atom stereocenters. The van der Waals surface area contributed by atoms with Crippen molar-refractivity contribution in [2.45, 2.75) is 17.6 Å². The second kappa shape index (κ2) is 7.34. The van der Waals surface area contributed by atoms with Crippen LogP contribution >= 0.6 is 11.8 Å². The van der Waals surface area contributed by atoms with Gasteiger partial charge in [0.15, 0.2) is 0 Å². The van der Waals surface area contributed by atoms with E-state index in [0.29, 0.717) is 12.4 Å². The zero-order valence-electron chi connectivity index (χ0n) is 13.2. The quantitative estimate of drug-likeness (QED) is 0.414. The van der Waals surface area contributed by atoms with Crippen LogP contribution in [0.1, 0.15) is 18.1 Å². The Morgan fingerprint density at radius 3 is 2.57 bits per heavy atom. The van der Waals surface area contributed by atoms with Gasteiger partial charge in [-0.05, 0) is 29.3 Å². The normalized spacial score (nSPS) is 11.8. The highest BCUT2D eigenvalue weighted by atomic mass is 32.2. The molecule has 0 heterocycles. The number of thioether (sulfide) groups is 1. The Hall–Kier alpha value is -2.26.